The summed E-state index contributed by atoms with van der Waals surface area (Å²) in [5.74, 6) is 0.611. The third kappa shape index (κ3) is 3.77. The number of nitro benzene ring substituents is 2. The number of hydrogen-bond donors (Lipinski definition) is 1. The molecule has 0 saturated heterocycles. The zero-order chi connectivity index (χ0) is 18.6. The molecule has 0 saturated carbocycles. The van der Waals surface area contributed by atoms with Crippen molar-refractivity contribution in [1.29, 1.82) is 0 Å². The van der Waals surface area contributed by atoms with Crippen LogP contribution in [0.5, 0.6) is 11.5 Å². The SMILES string of the molecule is COc1cc(N=Nc2ccc([N+](=O)[O-])cc2[N+](=O)[O-])c(OC)cc1N. The van der Waals surface area contributed by atoms with E-state index in [0.29, 0.717) is 11.4 Å². The van der Waals surface area contributed by atoms with Crippen molar-refractivity contribution in [2.75, 3.05) is 20.0 Å². The second-order valence-corrected chi connectivity index (χ2v) is 4.65. The van der Waals surface area contributed by atoms with Crippen LogP contribution >= 0.6 is 0 Å². The average Bonchev–Trinajstić information content (AvgIpc) is 2.59. The van der Waals surface area contributed by atoms with Crippen molar-refractivity contribution < 1.29 is 19.3 Å². The van der Waals surface area contributed by atoms with Gasteiger partial charge in [0, 0.05) is 18.2 Å². The van der Waals surface area contributed by atoms with E-state index in [4.69, 9.17) is 15.2 Å². The second-order valence-electron chi connectivity index (χ2n) is 4.65. The molecule has 130 valence electrons. The number of nitrogen functional groups attached to an aromatic ring is 1. The first-order valence-corrected chi connectivity index (χ1v) is 6.73. The summed E-state index contributed by atoms with van der Waals surface area (Å²) in [6, 6.07) is 5.98. The van der Waals surface area contributed by atoms with E-state index in [1.54, 1.807) is 0 Å². The predicted octanol–water partition coefficient (Wildman–Crippen LogP) is 3.52. The van der Waals surface area contributed by atoms with E-state index >= 15 is 0 Å². The van der Waals surface area contributed by atoms with Crippen LogP contribution in [0.3, 0.4) is 0 Å². The van der Waals surface area contributed by atoms with Gasteiger partial charge in [-0.15, -0.1) is 10.2 Å². The zero-order valence-corrected chi connectivity index (χ0v) is 13.2. The van der Waals surface area contributed by atoms with Gasteiger partial charge in [0.25, 0.3) is 5.69 Å². The minimum Gasteiger partial charge on any atom is -0.495 e. The molecule has 0 amide bonds. The van der Waals surface area contributed by atoms with E-state index in [0.717, 1.165) is 18.2 Å². The van der Waals surface area contributed by atoms with Crippen LogP contribution < -0.4 is 15.2 Å². The van der Waals surface area contributed by atoms with Crippen molar-refractivity contribution >= 4 is 28.4 Å². The van der Waals surface area contributed by atoms with Crippen molar-refractivity contribution in [1.82, 2.24) is 0 Å². The number of non-ortho nitro benzene ring substituents is 1. The summed E-state index contributed by atoms with van der Waals surface area (Å²) in [5.41, 5.74) is 5.20. The van der Waals surface area contributed by atoms with E-state index in [1.807, 2.05) is 0 Å². The first-order valence-electron chi connectivity index (χ1n) is 6.73. The highest BCUT2D eigenvalue weighted by Crippen LogP contribution is 2.38. The van der Waals surface area contributed by atoms with Crippen molar-refractivity contribution in [3.8, 4) is 11.5 Å². The summed E-state index contributed by atoms with van der Waals surface area (Å²) in [6.45, 7) is 0. The number of anilines is 1. The Bertz CT molecular complexity index is 867. The molecule has 0 spiro atoms. The van der Waals surface area contributed by atoms with Gasteiger partial charge in [0.15, 0.2) is 5.69 Å². The van der Waals surface area contributed by atoms with Crippen molar-refractivity contribution in [2.24, 2.45) is 10.2 Å². The molecule has 11 nitrogen and oxygen atoms in total. The van der Waals surface area contributed by atoms with Gasteiger partial charge in [-0.25, -0.2) is 0 Å². The topological polar surface area (TPSA) is 155 Å². The molecule has 2 aromatic rings. The fraction of sp³-hybridized carbons (Fsp3) is 0.143. The van der Waals surface area contributed by atoms with Crippen LogP contribution in [-0.2, 0) is 0 Å². The van der Waals surface area contributed by atoms with E-state index in [9.17, 15) is 20.2 Å². The van der Waals surface area contributed by atoms with Crippen LogP contribution in [0.4, 0.5) is 28.4 Å². The summed E-state index contributed by atoms with van der Waals surface area (Å²) in [4.78, 5) is 20.3. The fourth-order valence-corrected chi connectivity index (χ4v) is 1.95. The van der Waals surface area contributed by atoms with E-state index in [1.165, 1.54) is 26.4 Å². The molecule has 2 N–H and O–H groups in total. The van der Waals surface area contributed by atoms with Crippen LogP contribution in [0.2, 0.25) is 0 Å². The van der Waals surface area contributed by atoms with Crippen molar-refractivity contribution in [3.05, 3.63) is 50.6 Å². The van der Waals surface area contributed by atoms with Crippen molar-refractivity contribution in [3.63, 3.8) is 0 Å². The summed E-state index contributed by atoms with van der Waals surface area (Å²) >= 11 is 0. The minimum absolute atomic E-state index is 0.145. The van der Waals surface area contributed by atoms with Crippen LogP contribution in [0.1, 0.15) is 0 Å². The van der Waals surface area contributed by atoms with Crippen LogP contribution in [0.15, 0.2) is 40.6 Å². The molecule has 0 aliphatic rings. The summed E-state index contributed by atoms with van der Waals surface area (Å²) in [6.07, 6.45) is 0. The van der Waals surface area contributed by atoms with Gasteiger partial charge < -0.3 is 15.2 Å². The maximum atomic E-state index is 11.1. The molecule has 2 aromatic carbocycles. The molecule has 0 bridgehead atoms. The summed E-state index contributed by atoms with van der Waals surface area (Å²) in [7, 11) is 2.81. The monoisotopic (exact) mass is 347 g/mol. The van der Waals surface area contributed by atoms with E-state index < -0.39 is 21.2 Å². The smallest absolute Gasteiger partial charge is 0.303 e. The van der Waals surface area contributed by atoms with E-state index in [2.05, 4.69) is 10.2 Å². The Hall–Kier alpha value is -3.76. The van der Waals surface area contributed by atoms with Gasteiger partial charge in [0.1, 0.15) is 17.2 Å². The molecule has 0 heterocycles. The van der Waals surface area contributed by atoms with E-state index in [-0.39, 0.29) is 17.1 Å². The number of benzene rings is 2. The minimum atomic E-state index is -0.776. The average molecular weight is 347 g/mol. The maximum absolute atomic E-state index is 11.1. The Morgan fingerprint density at radius 3 is 2.12 bits per heavy atom. The second kappa shape index (κ2) is 7.21. The number of ether oxygens (including phenoxy) is 2. The lowest BCUT2D eigenvalue weighted by molar-refractivity contribution is -0.393. The van der Waals surface area contributed by atoms with Crippen LogP contribution in [0, 0.1) is 20.2 Å². The van der Waals surface area contributed by atoms with Gasteiger partial charge >= 0.3 is 5.69 Å². The number of rotatable bonds is 6. The van der Waals surface area contributed by atoms with Gasteiger partial charge in [0.2, 0.25) is 0 Å². The lowest BCUT2D eigenvalue weighted by atomic mass is 10.2. The largest absolute Gasteiger partial charge is 0.495 e. The third-order valence-electron chi connectivity index (χ3n) is 3.16. The lowest BCUT2D eigenvalue weighted by Crippen LogP contribution is -1.94. The molecule has 0 atom stereocenters. The number of azo groups is 1. The molecule has 11 heteroatoms. The van der Waals surface area contributed by atoms with Gasteiger partial charge in [-0.2, -0.15) is 0 Å². The number of methoxy groups -OCH3 is 2. The molecule has 0 radical (unpaired) electrons. The Morgan fingerprint density at radius 2 is 1.56 bits per heavy atom. The Labute approximate surface area is 141 Å². The number of nitrogens with zero attached hydrogens (tertiary/aromatic N) is 4. The molecule has 0 fully saturated rings. The molecular weight excluding hydrogens is 334 g/mol. The summed E-state index contributed by atoms with van der Waals surface area (Å²) in [5, 5.41) is 29.5. The highest BCUT2D eigenvalue weighted by Gasteiger charge is 2.19. The molecule has 0 aliphatic carbocycles. The molecule has 25 heavy (non-hydrogen) atoms. The number of hydrogen-bond acceptors (Lipinski definition) is 9. The first kappa shape index (κ1) is 17.6. The lowest BCUT2D eigenvalue weighted by Gasteiger charge is -2.09. The van der Waals surface area contributed by atoms with Gasteiger partial charge in [-0.1, -0.05) is 0 Å². The maximum Gasteiger partial charge on any atom is 0.303 e. The summed E-state index contributed by atoms with van der Waals surface area (Å²) < 4.78 is 10.2. The fourth-order valence-electron chi connectivity index (χ4n) is 1.95. The van der Waals surface area contributed by atoms with Gasteiger partial charge in [-0.05, 0) is 6.07 Å². The number of nitrogens with two attached hydrogens (primary N) is 1. The van der Waals surface area contributed by atoms with Gasteiger partial charge in [-0.3, -0.25) is 20.2 Å². The highest BCUT2D eigenvalue weighted by molar-refractivity contribution is 5.67. The van der Waals surface area contributed by atoms with Crippen LogP contribution in [-0.4, -0.2) is 24.1 Å². The molecule has 2 rings (SSSR count). The predicted molar refractivity (Wildman–Crippen MR) is 87.9 cm³/mol. The highest BCUT2D eigenvalue weighted by atomic mass is 16.6. The molecule has 0 aliphatic heterocycles. The third-order valence-corrected chi connectivity index (χ3v) is 3.16. The molecule has 0 unspecified atom stereocenters. The Balaban J connectivity index is 2.49. The zero-order valence-electron chi connectivity index (χ0n) is 13.2. The quantitative estimate of drug-likeness (QED) is 0.362. The Kier molecular flexibility index (Phi) is 5.07. The first-order chi connectivity index (χ1) is 11.9. The normalized spacial score (nSPS) is 10.6. The molecular formula is C14H13N5O6. The van der Waals surface area contributed by atoms with Crippen LogP contribution in [0.25, 0.3) is 0 Å². The Morgan fingerprint density at radius 1 is 0.920 bits per heavy atom. The molecule has 0 aromatic heterocycles. The van der Waals surface area contributed by atoms with Crippen molar-refractivity contribution in [2.45, 2.75) is 0 Å². The van der Waals surface area contributed by atoms with Gasteiger partial charge in [0.05, 0.1) is 35.8 Å². The standard InChI is InChI=1S/C14H13N5O6/c1-24-13-7-11(14(25-2)6-9(13)15)17-16-10-4-3-8(18(20)21)5-12(10)19(22)23/h3-7H,15H2,1-2H3. The number of nitro groups is 2.